The molecule has 0 aliphatic carbocycles. The zero-order valence-electron chi connectivity index (χ0n) is 35.5. The van der Waals surface area contributed by atoms with Gasteiger partial charge < -0.3 is 15.5 Å². The van der Waals surface area contributed by atoms with Gasteiger partial charge in [-0.2, -0.15) is 0 Å². The Morgan fingerprint density at radius 2 is 0.833 bits per heavy atom. The SMILES string of the molecule is CC/C=C\C/C=C\C/C=C\C/C=C\CCCCCCCCCCCCC(=O)NC(CO)C(O)/C=C/CC/C=C/CC/C=C/CCCCCCCCCCC. The van der Waals surface area contributed by atoms with Crippen LogP contribution in [0.2, 0.25) is 0 Å². The van der Waals surface area contributed by atoms with Gasteiger partial charge in [-0.25, -0.2) is 0 Å². The van der Waals surface area contributed by atoms with Crippen LogP contribution in [0.1, 0.15) is 206 Å². The summed E-state index contributed by atoms with van der Waals surface area (Å²) in [6, 6.07) is -0.652. The van der Waals surface area contributed by atoms with Crippen LogP contribution >= 0.6 is 0 Å². The molecule has 0 saturated heterocycles. The Morgan fingerprint density at radius 3 is 1.30 bits per heavy atom. The molecular formula is C50H87NO3. The predicted molar refractivity (Wildman–Crippen MR) is 239 cm³/mol. The van der Waals surface area contributed by atoms with Crippen molar-refractivity contribution in [1.29, 1.82) is 0 Å². The van der Waals surface area contributed by atoms with Crippen LogP contribution in [0.15, 0.2) is 85.1 Å². The molecule has 0 aliphatic heterocycles. The van der Waals surface area contributed by atoms with Gasteiger partial charge in [0.1, 0.15) is 0 Å². The standard InChI is InChI=1S/C50H87NO3/c1-3-5-7-9-11-13-15-17-19-21-23-24-25-26-28-30-32-34-36-38-40-42-44-46-50(54)51-48(47-52)49(53)45-43-41-39-37-35-33-31-29-27-22-20-18-16-14-12-10-8-6-4-2/h5,7,11,13,17,19,23-24,27,29,35,37,43,45,48-49,52-53H,3-4,6,8-10,12,14-16,18,20-22,25-26,28,30-34,36,38-42,44,46-47H2,1-2H3,(H,51,54)/b7-5-,13-11-,19-17-,24-23-,29-27+,37-35+,45-43+. The summed E-state index contributed by atoms with van der Waals surface area (Å²) in [5.74, 6) is -0.0862. The third-order valence-electron chi connectivity index (χ3n) is 9.84. The minimum atomic E-state index is -0.876. The maximum atomic E-state index is 12.4. The maximum Gasteiger partial charge on any atom is 0.220 e. The van der Waals surface area contributed by atoms with Crippen LogP contribution in [0.4, 0.5) is 0 Å². The van der Waals surface area contributed by atoms with Crippen LogP contribution in [0, 0.1) is 0 Å². The van der Waals surface area contributed by atoms with E-state index in [-0.39, 0.29) is 12.5 Å². The highest BCUT2D eigenvalue weighted by molar-refractivity contribution is 5.76. The monoisotopic (exact) mass is 750 g/mol. The number of amides is 1. The summed E-state index contributed by atoms with van der Waals surface area (Å²) in [5, 5.41) is 23.0. The molecule has 0 radical (unpaired) electrons. The van der Waals surface area contributed by atoms with Crippen molar-refractivity contribution >= 4 is 5.91 Å². The molecule has 0 aliphatic rings. The molecule has 310 valence electrons. The van der Waals surface area contributed by atoms with E-state index in [0.717, 1.165) is 64.2 Å². The molecule has 3 N–H and O–H groups in total. The number of aliphatic hydroxyl groups is 2. The number of rotatable bonds is 40. The molecule has 54 heavy (non-hydrogen) atoms. The van der Waals surface area contributed by atoms with E-state index in [4.69, 9.17) is 0 Å². The molecule has 2 atom stereocenters. The topological polar surface area (TPSA) is 69.6 Å². The minimum absolute atomic E-state index is 0.0862. The third kappa shape index (κ3) is 40.7. The summed E-state index contributed by atoms with van der Waals surface area (Å²) in [6.07, 6.45) is 65.5. The van der Waals surface area contributed by atoms with Crippen molar-refractivity contribution in [3.05, 3.63) is 85.1 Å². The van der Waals surface area contributed by atoms with Gasteiger partial charge in [0.2, 0.25) is 5.91 Å². The number of unbranched alkanes of at least 4 members (excludes halogenated alkanes) is 21. The largest absolute Gasteiger partial charge is 0.394 e. The summed E-state index contributed by atoms with van der Waals surface area (Å²) in [4.78, 5) is 12.4. The van der Waals surface area contributed by atoms with Crippen molar-refractivity contribution < 1.29 is 15.0 Å². The Balaban J connectivity index is 3.66. The number of hydrogen-bond acceptors (Lipinski definition) is 3. The van der Waals surface area contributed by atoms with E-state index in [1.807, 2.05) is 6.08 Å². The van der Waals surface area contributed by atoms with E-state index in [2.05, 4.69) is 92.1 Å². The number of carbonyl (C=O) groups excluding carboxylic acids is 1. The highest BCUT2D eigenvalue weighted by Gasteiger charge is 2.17. The van der Waals surface area contributed by atoms with Gasteiger partial charge in [0.05, 0.1) is 18.8 Å². The van der Waals surface area contributed by atoms with Crippen molar-refractivity contribution in [2.45, 2.75) is 219 Å². The number of hydrogen-bond donors (Lipinski definition) is 3. The van der Waals surface area contributed by atoms with E-state index < -0.39 is 12.1 Å². The predicted octanol–water partition coefficient (Wildman–Crippen LogP) is 14.5. The Kier molecular flexibility index (Phi) is 42.9. The number of allylic oxidation sites excluding steroid dienone is 13. The van der Waals surface area contributed by atoms with Gasteiger partial charge in [-0.05, 0) is 83.5 Å². The van der Waals surface area contributed by atoms with E-state index in [0.29, 0.717) is 6.42 Å². The van der Waals surface area contributed by atoms with Crippen molar-refractivity contribution in [2.75, 3.05) is 6.61 Å². The molecular weight excluding hydrogens is 663 g/mol. The smallest absolute Gasteiger partial charge is 0.220 e. The van der Waals surface area contributed by atoms with Crippen LogP contribution in [0.3, 0.4) is 0 Å². The second kappa shape index (κ2) is 45.0. The quantitative estimate of drug-likeness (QED) is 0.0431. The number of nitrogens with one attached hydrogen (secondary N) is 1. The molecule has 4 heteroatoms. The van der Waals surface area contributed by atoms with E-state index >= 15 is 0 Å². The highest BCUT2D eigenvalue weighted by atomic mass is 16.3. The average molecular weight is 750 g/mol. The summed E-state index contributed by atoms with van der Waals surface area (Å²) in [5.41, 5.74) is 0. The molecule has 0 fully saturated rings. The van der Waals surface area contributed by atoms with E-state index in [1.165, 1.54) is 122 Å². The fourth-order valence-corrected chi connectivity index (χ4v) is 6.38. The first-order chi connectivity index (χ1) is 26.7. The molecule has 0 heterocycles. The highest BCUT2D eigenvalue weighted by Crippen LogP contribution is 2.13. The zero-order chi connectivity index (χ0) is 39.3. The first-order valence-corrected chi connectivity index (χ1v) is 22.8. The maximum absolute atomic E-state index is 12.4. The summed E-state index contributed by atoms with van der Waals surface area (Å²) in [7, 11) is 0. The fourth-order valence-electron chi connectivity index (χ4n) is 6.38. The Bertz CT molecular complexity index is 988. The normalized spacial score (nSPS) is 13.8. The van der Waals surface area contributed by atoms with Gasteiger partial charge in [-0.3, -0.25) is 4.79 Å². The molecule has 4 nitrogen and oxygen atoms in total. The van der Waals surface area contributed by atoms with Crippen LogP contribution in [-0.4, -0.2) is 34.9 Å². The second-order valence-corrected chi connectivity index (χ2v) is 15.1. The third-order valence-corrected chi connectivity index (χ3v) is 9.84. The summed E-state index contributed by atoms with van der Waals surface area (Å²) >= 11 is 0. The lowest BCUT2D eigenvalue weighted by molar-refractivity contribution is -0.123. The molecule has 0 aromatic heterocycles. The van der Waals surface area contributed by atoms with Gasteiger partial charge in [0.25, 0.3) is 0 Å². The van der Waals surface area contributed by atoms with Crippen molar-refractivity contribution in [3.63, 3.8) is 0 Å². The van der Waals surface area contributed by atoms with Gasteiger partial charge in [0.15, 0.2) is 0 Å². The van der Waals surface area contributed by atoms with Gasteiger partial charge in [-0.1, -0.05) is 202 Å². The molecule has 0 aromatic carbocycles. The lowest BCUT2D eigenvalue weighted by atomic mass is 10.0. The molecule has 2 unspecified atom stereocenters. The Labute approximate surface area is 335 Å². The molecule has 0 bridgehead atoms. The minimum Gasteiger partial charge on any atom is -0.394 e. The van der Waals surface area contributed by atoms with Crippen molar-refractivity contribution in [3.8, 4) is 0 Å². The van der Waals surface area contributed by atoms with Crippen LogP contribution in [0.5, 0.6) is 0 Å². The molecule has 0 rings (SSSR count). The average Bonchev–Trinajstić information content (AvgIpc) is 3.18. The van der Waals surface area contributed by atoms with E-state index in [1.54, 1.807) is 6.08 Å². The molecule has 0 saturated carbocycles. The first kappa shape index (κ1) is 51.6. The lowest BCUT2D eigenvalue weighted by Crippen LogP contribution is -2.45. The second-order valence-electron chi connectivity index (χ2n) is 15.1. The first-order valence-electron chi connectivity index (χ1n) is 22.8. The number of aliphatic hydroxyl groups excluding tert-OH is 2. The fraction of sp³-hybridized carbons (Fsp3) is 0.700. The molecule has 1 amide bonds. The van der Waals surface area contributed by atoms with Crippen molar-refractivity contribution in [1.82, 2.24) is 5.32 Å². The van der Waals surface area contributed by atoms with Gasteiger partial charge in [0, 0.05) is 6.42 Å². The van der Waals surface area contributed by atoms with E-state index in [9.17, 15) is 15.0 Å². The number of carbonyl (C=O) groups is 1. The van der Waals surface area contributed by atoms with Crippen LogP contribution < -0.4 is 5.32 Å². The van der Waals surface area contributed by atoms with Gasteiger partial charge in [-0.15, -0.1) is 0 Å². The van der Waals surface area contributed by atoms with Gasteiger partial charge >= 0.3 is 0 Å². The van der Waals surface area contributed by atoms with Crippen LogP contribution in [0.25, 0.3) is 0 Å². The Morgan fingerprint density at radius 1 is 0.463 bits per heavy atom. The zero-order valence-corrected chi connectivity index (χ0v) is 35.5. The van der Waals surface area contributed by atoms with Crippen molar-refractivity contribution in [2.24, 2.45) is 0 Å². The lowest BCUT2D eigenvalue weighted by Gasteiger charge is -2.19. The summed E-state index contributed by atoms with van der Waals surface area (Å²) < 4.78 is 0. The Hall–Kier alpha value is -2.43. The summed E-state index contributed by atoms with van der Waals surface area (Å²) in [6.45, 7) is 4.17. The molecule has 0 aromatic rings. The molecule has 0 spiro atoms. The van der Waals surface area contributed by atoms with Crippen LogP contribution in [-0.2, 0) is 4.79 Å².